The Hall–Kier alpha value is -1.50. The number of pyridine rings is 1. The van der Waals surface area contributed by atoms with Gasteiger partial charge in [0, 0.05) is 12.7 Å². The number of anilines is 2. The Bertz CT molecular complexity index is 404. The first-order chi connectivity index (χ1) is 8.80. The van der Waals surface area contributed by atoms with E-state index in [1.807, 2.05) is 14.1 Å². The first-order valence-electron chi connectivity index (χ1n) is 6.02. The minimum Gasteiger partial charge on any atom is -0.382 e. The summed E-state index contributed by atoms with van der Waals surface area (Å²) in [5, 5.41) is 2.89. The number of nitrogens with zero attached hydrogens (tertiary/aromatic N) is 2. The summed E-state index contributed by atoms with van der Waals surface area (Å²) < 4.78 is 37.6. The predicted molar refractivity (Wildman–Crippen MR) is 69.9 cm³/mol. The SMILES string of the molecule is CN(C)CCCCNc1cc(C(F)(F)F)cnc1N. The number of rotatable bonds is 6. The lowest BCUT2D eigenvalue weighted by Gasteiger charge is -2.13. The molecule has 0 spiro atoms. The number of halogens is 3. The zero-order chi connectivity index (χ0) is 14.5. The zero-order valence-corrected chi connectivity index (χ0v) is 11.1. The van der Waals surface area contributed by atoms with Crippen molar-refractivity contribution in [3.63, 3.8) is 0 Å². The summed E-state index contributed by atoms with van der Waals surface area (Å²) in [6.07, 6.45) is -1.84. The second-order valence-corrected chi connectivity index (χ2v) is 4.59. The van der Waals surface area contributed by atoms with Gasteiger partial charge in [0.15, 0.2) is 0 Å². The van der Waals surface area contributed by atoms with Crippen molar-refractivity contribution in [3.8, 4) is 0 Å². The minimum absolute atomic E-state index is 0.0839. The van der Waals surface area contributed by atoms with Gasteiger partial charge in [0.2, 0.25) is 0 Å². The molecule has 1 rings (SSSR count). The van der Waals surface area contributed by atoms with Crippen LogP contribution < -0.4 is 11.1 Å². The van der Waals surface area contributed by atoms with E-state index in [0.29, 0.717) is 6.54 Å². The van der Waals surface area contributed by atoms with E-state index in [2.05, 4.69) is 15.2 Å². The van der Waals surface area contributed by atoms with Crippen molar-refractivity contribution < 1.29 is 13.2 Å². The normalized spacial score (nSPS) is 11.9. The van der Waals surface area contributed by atoms with E-state index in [1.165, 1.54) is 0 Å². The third kappa shape index (κ3) is 5.34. The third-order valence-electron chi connectivity index (χ3n) is 2.59. The Morgan fingerprint density at radius 3 is 2.58 bits per heavy atom. The molecule has 0 saturated carbocycles. The number of nitrogens with two attached hydrogens (primary N) is 1. The second-order valence-electron chi connectivity index (χ2n) is 4.59. The zero-order valence-electron chi connectivity index (χ0n) is 11.1. The summed E-state index contributed by atoms with van der Waals surface area (Å²) in [5.74, 6) is 0.0839. The fourth-order valence-electron chi connectivity index (χ4n) is 1.55. The summed E-state index contributed by atoms with van der Waals surface area (Å²) in [6.45, 7) is 1.51. The average Bonchev–Trinajstić information content (AvgIpc) is 2.29. The molecule has 0 amide bonds. The molecule has 108 valence electrons. The number of unbranched alkanes of at least 4 members (excludes halogenated alkanes) is 1. The molecule has 0 aliphatic rings. The highest BCUT2D eigenvalue weighted by Crippen LogP contribution is 2.31. The van der Waals surface area contributed by atoms with Crippen molar-refractivity contribution in [2.45, 2.75) is 19.0 Å². The van der Waals surface area contributed by atoms with Gasteiger partial charge in [-0.15, -0.1) is 0 Å². The third-order valence-corrected chi connectivity index (χ3v) is 2.59. The van der Waals surface area contributed by atoms with Gasteiger partial charge in [0.1, 0.15) is 5.82 Å². The topological polar surface area (TPSA) is 54.2 Å². The molecule has 1 aromatic rings. The van der Waals surface area contributed by atoms with E-state index in [1.54, 1.807) is 0 Å². The number of aromatic nitrogens is 1. The van der Waals surface area contributed by atoms with Gasteiger partial charge >= 0.3 is 6.18 Å². The maximum atomic E-state index is 12.5. The maximum absolute atomic E-state index is 12.5. The lowest BCUT2D eigenvalue weighted by atomic mass is 10.2. The standard InChI is InChI=1S/C12H19F3N4/c1-19(2)6-4-3-5-17-10-7-9(12(13,14)15)8-18-11(10)16/h7-8,17H,3-6H2,1-2H3,(H2,16,18). The van der Waals surface area contributed by atoms with E-state index in [9.17, 15) is 13.2 Å². The van der Waals surface area contributed by atoms with Crippen LogP contribution in [-0.2, 0) is 6.18 Å². The summed E-state index contributed by atoms with van der Waals surface area (Å²) >= 11 is 0. The summed E-state index contributed by atoms with van der Waals surface area (Å²) in [7, 11) is 3.95. The van der Waals surface area contributed by atoms with E-state index >= 15 is 0 Å². The van der Waals surface area contributed by atoms with Crippen molar-refractivity contribution in [1.29, 1.82) is 0 Å². The van der Waals surface area contributed by atoms with Crippen LogP contribution in [0.3, 0.4) is 0 Å². The van der Waals surface area contributed by atoms with Crippen LogP contribution in [0.25, 0.3) is 0 Å². The molecule has 0 radical (unpaired) electrons. The van der Waals surface area contributed by atoms with Crippen molar-refractivity contribution in [2.75, 3.05) is 38.2 Å². The van der Waals surface area contributed by atoms with Gasteiger partial charge in [0.25, 0.3) is 0 Å². The highest BCUT2D eigenvalue weighted by molar-refractivity contribution is 5.62. The molecule has 0 atom stereocenters. The van der Waals surface area contributed by atoms with Gasteiger partial charge < -0.3 is 16.0 Å². The molecule has 19 heavy (non-hydrogen) atoms. The Balaban J connectivity index is 2.53. The molecule has 0 aliphatic heterocycles. The van der Waals surface area contributed by atoms with Crippen LogP contribution in [0, 0.1) is 0 Å². The lowest BCUT2D eigenvalue weighted by Crippen LogP contribution is -2.15. The van der Waals surface area contributed by atoms with E-state index in [0.717, 1.165) is 31.6 Å². The molecule has 1 heterocycles. The number of nitrogen functional groups attached to an aromatic ring is 1. The van der Waals surface area contributed by atoms with E-state index in [4.69, 9.17) is 5.73 Å². The van der Waals surface area contributed by atoms with Crippen LogP contribution in [0.15, 0.2) is 12.3 Å². The number of hydrogen-bond acceptors (Lipinski definition) is 4. The molecule has 0 fully saturated rings. The van der Waals surface area contributed by atoms with E-state index in [-0.39, 0.29) is 11.5 Å². The van der Waals surface area contributed by atoms with Crippen LogP contribution in [0.4, 0.5) is 24.7 Å². The van der Waals surface area contributed by atoms with Crippen LogP contribution in [0.1, 0.15) is 18.4 Å². The Morgan fingerprint density at radius 1 is 1.32 bits per heavy atom. The Kier molecular flexibility index (Phi) is 5.41. The van der Waals surface area contributed by atoms with Gasteiger partial charge in [-0.1, -0.05) is 0 Å². The lowest BCUT2D eigenvalue weighted by molar-refractivity contribution is -0.137. The van der Waals surface area contributed by atoms with Crippen molar-refractivity contribution in [1.82, 2.24) is 9.88 Å². The number of nitrogens with one attached hydrogen (secondary N) is 1. The number of hydrogen-bond donors (Lipinski definition) is 2. The van der Waals surface area contributed by atoms with Gasteiger partial charge in [-0.05, 0) is 39.5 Å². The quantitative estimate of drug-likeness (QED) is 0.784. The van der Waals surface area contributed by atoms with Gasteiger partial charge in [0.05, 0.1) is 11.3 Å². The number of alkyl halides is 3. The first kappa shape index (κ1) is 15.6. The van der Waals surface area contributed by atoms with Crippen LogP contribution in [0.2, 0.25) is 0 Å². The first-order valence-corrected chi connectivity index (χ1v) is 6.02. The molecule has 1 aromatic heterocycles. The summed E-state index contributed by atoms with van der Waals surface area (Å²) in [6, 6.07) is 0.994. The summed E-state index contributed by atoms with van der Waals surface area (Å²) in [5.41, 5.74) is 4.99. The Labute approximate surface area is 110 Å². The Morgan fingerprint density at radius 2 is 2.00 bits per heavy atom. The fourth-order valence-corrected chi connectivity index (χ4v) is 1.55. The van der Waals surface area contributed by atoms with Crippen LogP contribution in [-0.4, -0.2) is 37.1 Å². The molecule has 0 saturated heterocycles. The second kappa shape index (κ2) is 6.60. The van der Waals surface area contributed by atoms with Gasteiger partial charge in [-0.2, -0.15) is 13.2 Å². The monoisotopic (exact) mass is 276 g/mol. The predicted octanol–water partition coefficient (Wildman–Crippen LogP) is 2.44. The molecular formula is C12H19F3N4. The average molecular weight is 276 g/mol. The molecule has 3 N–H and O–H groups in total. The molecular weight excluding hydrogens is 257 g/mol. The largest absolute Gasteiger partial charge is 0.417 e. The molecule has 0 aromatic carbocycles. The maximum Gasteiger partial charge on any atom is 0.417 e. The van der Waals surface area contributed by atoms with E-state index < -0.39 is 11.7 Å². The van der Waals surface area contributed by atoms with Crippen LogP contribution in [0.5, 0.6) is 0 Å². The molecule has 4 nitrogen and oxygen atoms in total. The highest BCUT2D eigenvalue weighted by Gasteiger charge is 2.31. The van der Waals surface area contributed by atoms with Gasteiger partial charge in [-0.3, -0.25) is 0 Å². The van der Waals surface area contributed by atoms with Crippen molar-refractivity contribution in [2.24, 2.45) is 0 Å². The van der Waals surface area contributed by atoms with Crippen molar-refractivity contribution in [3.05, 3.63) is 17.8 Å². The molecule has 0 aliphatic carbocycles. The van der Waals surface area contributed by atoms with Crippen LogP contribution >= 0.6 is 0 Å². The van der Waals surface area contributed by atoms with Gasteiger partial charge in [-0.25, -0.2) is 4.98 Å². The smallest absolute Gasteiger partial charge is 0.382 e. The summed E-state index contributed by atoms with van der Waals surface area (Å²) in [4.78, 5) is 5.62. The molecule has 7 heteroatoms. The fraction of sp³-hybridized carbons (Fsp3) is 0.583. The highest BCUT2D eigenvalue weighted by atomic mass is 19.4. The van der Waals surface area contributed by atoms with Crippen molar-refractivity contribution >= 4 is 11.5 Å². The molecule has 0 unspecified atom stereocenters. The molecule has 0 bridgehead atoms. The minimum atomic E-state index is -4.40.